The standard InChI is InChI=1S/C16H26BrClN2/c1-3-5-7-9-11-13-15(17)14(20-16(18)19-13)12-10-8-6-4-2/h3-12H2,1-2H3. The molecule has 0 atom stereocenters. The van der Waals surface area contributed by atoms with E-state index in [0.29, 0.717) is 5.28 Å². The Morgan fingerprint density at radius 2 is 1.25 bits per heavy atom. The fourth-order valence-electron chi connectivity index (χ4n) is 2.28. The molecule has 0 fully saturated rings. The van der Waals surface area contributed by atoms with Crippen LogP contribution in [0, 0.1) is 0 Å². The zero-order chi connectivity index (χ0) is 14.8. The van der Waals surface area contributed by atoms with Crippen molar-refractivity contribution in [1.82, 2.24) is 9.97 Å². The zero-order valence-corrected chi connectivity index (χ0v) is 15.1. The van der Waals surface area contributed by atoms with Crippen molar-refractivity contribution in [3.8, 4) is 0 Å². The van der Waals surface area contributed by atoms with Gasteiger partial charge in [-0.25, -0.2) is 9.97 Å². The monoisotopic (exact) mass is 360 g/mol. The van der Waals surface area contributed by atoms with Crippen LogP contribution in [0.1, 0.15) is 76.6 Å². The van der Waals surface area contributed by atoms with Crippen LogP contribution in [-0.4, -0.2) is 9.97 Å². The molecule has 114 valence electrons. The van der Waals surface area contributed by atoms with E-state index in [4.69, 9.17) is 11.6 Å². The number of halogens is 2. The Balaban J connectivity index is 2.59. The Morgan fingerprint density at radius 1 is 0.800 bits per heavy atom. The molecule has 0 aliphatic rings. The molecule has 0 amide bonds. The van der Waals surface area contributed by atoms with Gasteiger partial charge in [0, 0.05) is 0 Å². The molecule has 0 saturated carbocycles. The van der Waals surface area contributed by atoms with Crippen LogP contribution in [-0.2, 0) is 12.8 Å². The lowest BCUT2D eigenvalue weighted by atomic mass is 10.1. The molecule has 4 heteroatoms. The summed E-state index contributed by atoms with van der Waals surface area (Å²) in [6.45, 7) is 4.46. The predicted molar refractivity (Wildman–Crippen MR) is 90.4 cm³/mol. The first-order valence-corrected chi connectivity index (χ1v) is 9.06. The first-order valence-electron chi connectivity index (χ1n) is 7.89. The Morgan fingerprint density at radius 3 is 1.65 bits per heavy atom. The van der Waals surface area contributed by atoms with Crippen LogP contribution in [0.25, 0.3) is 0 Å². The summed E-state index contributed by atoms with van der Waals surface area (Å²) in [5, 5.41) is 0.393. The normalized spacial score (nSPS) is 11.0. The molecule has 1 rings (SSSR count). The zero-order valence-electron chi connectivity index (χ0n) is 12.7. The summed E-state index contributed by atoms with van der Waals surface area (Å²) in [4.78, 5) is 8.77. The molecule has 0 spiro atoms. The molecule has 0 unspecified atom stereocenters. The second-order valence-electron chi connectivity index (χ2n) is 5.32. The van der Waals surface area contributed by atoms with Crippen molar-refractivity contribution in [3.05, 3.63) is 21.1 Å². The van der Waals surface area contributed by atoms with Gasteiger partial charge in [0.2, 0.25) is 5.28 Å². The number of rotatable bonds is 10. The van der Waals surface area contributed by atoms with Gasteiger partial charge in [0.1, 0.15) is 0 Å². The van der Waals surface area contributed by atoms with E-state index >= 15 is 0 Å². The molecule has 0 saturated heterocycles. The minimum Gasteiger partial charge on any atom is -0.222 e. The van der Waals surface area contributed by atoms with E-state index < -0.39 is 0 Å². The average Bonchev–Trinajstić information content (AvgIpc) is 2.44. The fraction of sp³-hybridized carbons (Fsp3) is 0.750. The third kappa shape index (κ3) is 6.53. The van der Waals surface area contributed by atoms with Crippen molar-refractivity contribution in [2.45, 2.75) is 78.1 Å². The molecule has 0 aliphatic heterocycles. The second-order valence-corrected chi connectivity index (χ2v) is 6.45. The van der Waals surface area contributed by atoms with Gasteiger partial charge in [-0.05, 0) is 53.2 Å². The highest BCUT2D eigenvalue weighted by Crippen LogP contribution is 2.24. The molecule has 1 aromatic heterocycles. The minimum absolute atomic E-state index is 0.393. The molecule has 2 nitrogen and oxygen atoms in total. The van der Waals surface area contributed by atoms with Gasteiger partial charge in [-0.2, -0.15) is 0 Å². The van der Waals surface area contributed by atoms with Gasteiger partial charge in [0.15, 0.2) is 0 Å². The first-order chi connectivity index (χ1) is 9.69. The van der Waals surface area contributed by atoms with Crippen LogP contribution in [0.4, 0.5) is 0 Å². The van der Waals surface area contributed by atoms with Crippen LogP contribution in [0.5, 0.6) is 0 Å². The molecule has 1 aromatic rings. The van der Waals surface area contributed by atoms with Gasteiger partial charge in [-0.15, -0.1) is 0 Å². The Labute approximate surface area is 136 Å². The van der Waals surface area contributed by atoms with Gasteiger partial charge in [0.05, 0.1) is 15.9 Å². The maximum atomic E-state index is 6.06. The second kappa shape index (κ2) is 10.6. The van der Waals surface area contributed by atoms with Gasteiger partial charge in [0.25, 0.3) is 0 Å². The summed E-state index contributed by atoms with van der Waals surface area (Å²) >= 11 is 9.73. The summed E-state index contributed by atoms with van der Waals surface area (Å²) in [5.41, 5.74) is 2.15. The average molecular weight is 362 g/mol. The minimum atomic E-state index is 0.393. The van der Waals surface area contributed by atoms with Crippen molar-refractivity contribution >= 4 is 27.5 Å². The van der Waals surface area contributed by atoms with E-state index in [1.54, 1.807) is 0 Å². The number of nitrogens with zero attached hydrogens (tertiary/aromatic N) is 2. The lowest BCUT2D eigenvalue weighted by Gasteiger charge is -2.09. The molecule has 0 N–H and O–H groups in total. The molecule has 0 radical (unpaired) electrons. The third-order valence-corrected chi connectivity index (χ3v) is 4.58. The van der Waals surface area contributed by atoms with Crippen LogP contribution in [0.3, 0.4) is 0 Å². The number of hydrogen-bond donors (Lipinski definition) is 0. The topological polar surface area (TPSA) is 25.8 Å². The molecular weight excluding hydrogens is 336 g/mol. The van der Waals surface area contributed by atoms with E-state index in [9.17, 15) is 0 Å². The van der Waals surface area contributed by atoms with Crippen molar-refractivity contribution in [1.29, 1.82) is 0 Å². The summed E-state index contributed by atoms with van der Waals surface area (Å²) in [5.74, 6) is 0. The van der Waals surface area contributed by atoms with Gasteiger partial charge < -0.3 is 0 Å². The van der Waals surface area contributed by atoms with Gasteiger partial charge >= 0.3 is 0 Å². The largest absolute Gasteiger partial charge is 0.222 e. The Bertz CT molecular complexity index is 363. The highest BCUT2D eigenvalue weighted by molar-refractivity contribution is 9.10. The van der Waals surface area contributed by atoms with E-state index in [2.05, 4.69) is 39.7 Å². The SMILES string of the molecule is CCCCCCc1nc(Cl)nc(CCCCCC)c1Br. The maximum Gasteiger partial charge on any atom is 0.222 e. The smallest absolute Gasteiger partial charge is 0.222 e. The highest BCUT2D eigenvalue weighted by Gasteiger charge is 2.11. The van der Waals surface area contributed by atoms with Crippen molar-refractivity contribution in [2.75, 3.05) is 0 Å². The first kappa shape index (κ1) is 17.9. The third-order valence-electron chi connectivity index (χ3n) is 3.50. The van der Waals surface area contributed by atoms with Crippen molar-refractivity contribution < 1.29 is 0 Å². The van der Waals surface area contributed by atoms with Gasteiger partial charge in [-0.1, -0.05) is 52.4 Å². The highest BCUT2D eigenvalue weighted by atomic mass is 79.9. The predicted octanol–water partition coefficient (Wildman–Crippen LogP) is 6.14. The lowest BCUT2D eigenvalue weighted by Crippen LogP contribution is -2.02. The van der Waals surface area contributed by atoms with Crippen molar-refractivity contribution in [3.63, 3.8) is 0 Å². The molecule has 0 bridgehead atoms. The number of hydrogen-bond acceptors (Lipinski definition) is 2. The van der Waals surface area contributed by atoms with Gasteiger partial charge in [-0.3, -0.25) is 0 Å². The molecule has 20 heavy (non-hydrogen) atoms. The van der Waals surface area contributed by atoms with Crippen LogP contribution in [0.15, 0.2) is 4.47 Å². The van der Waals surface area contributed by atoms with Crippen molar-refractivity contribution in [2.24, 2.45) is 0 Å². The quantitative estimate of drug-likeness (QED) is 0.369. The number of aryl methyl sites for hydroxylation is 2. The summed E-state index contributed by atoms with van der Waals surface area (Å²) in [7, 11) is 0. The Hall–Kier alpha value is -0.150. The molecule has 0 aromatic carbocycles. The fourth-order valence-corrected chi connectivity index (χ4v) is 3.06. The van der Waals surface area contributed by atoms with E-state index in [1.165, 1.54) is 51.4 Å². The number of unbranched alkanes of at least 4 members (excludes halogenated alkanes) is 6. The van der Waals surface area contributed by atoms with E-state index in [-0.39, 0.29) is 0 Å². The Kier molecular flexibility index (Phi) is 9.45. The summed E-state index contributed by atoms with van der Waals surface area (Å²) in [6, 6.07) is 0. The maximum absolute atomic E-state index is 6.06. The molecule has 0 aliphatic carbocycles. The molecule has 1 heterocycles. The summed E-state index contributed by atoms with van der Waals surface area (Å²) < 4.78 is 1.08. The van der Waals surface area contributed by atoms with Crippen LogP contribution >= 0.6 is 27.5 Å². The number of aromatic nitrogens is 2. The van der Waals surface area contributed by atoms with E-state index in [0.717, 1.165) is 28.7 Å². The molecular formula is C16H26BrClN2. The van der Waals surface area contributed by atoms with Crippen LogP contribution < -0.4 is 0 Å². The lowest BCUT2D eigenvalue weighted by molar-refractivity contribution is 0.647. The summed E-state index contributed by atoms with van der Waals surface area (Å²) in [6.07, 6.45) is 12.0. The van der Waals surface area contributed by atoms with E-state index in [1.807, 2.05) is 0 Å². The van der Waals surface area contributed by atoms with Crippen LogP contribution in [0.2, 0.25) is 5.28 Å².